The van der Waals surface area contributed by atoms with Crippen molar-refractivity contribution in [3.8, 4) is 5.75 Å². The zero-order chi connectivity index (χ0) is 13.2. The van der Waals surface area contributed by atoms with Gasteiger partial charge in [-0.2, -0.15) is 0 Å². The number of fused-ring (bicyclic) bond motifs is 1. The maximum atomic E-state index is 5.97. The molecular weight excluding hydrogens is 256 g/mol. The molecule has 2 N–H and O–H groups in total. The maximum Gasteiger partial charge on any atom is 0.140 e. The van der Waals surface area contributed by atoms with E-state index in [1.807, 2.05) is 48.7 Å². The van der Waals surface area contributed by atoms with Crippen molar-refractivity contribution in [1.82, 2.24) is 4.98 Å². The molecule has 96 valence electrons. The van der Waals surface area contributed by atoms with Crippen LogP contribution >= 0.6 is 11.3 Å². The first-order valence-corrected chi connectivity index (χ1v) is 6.93. The van der Waals surface area contributed by atoms with E-state index in [1.54, 1.807) is 11.3 Å². The van der Waals surface area contributed by atoms with Crippen molar-refractivity contribution in [2.75, 3.05) is 5.73 Å². The highest BCUT2D eigenvalue weighted by Crippen LogP contribution is 2.29. The Kier molecular flexibility index (Phi) is 3.09. The normalized spacial score (nSPS) is 10.8. The van der Waals surface area contributed by atoms with Crippen LogP contribution in [0, 0.1) is 6.92 Å². The average Bonchev–Trinajstić information content (AvgIpc) is 2.83. The SMILES string of the molecule is Cc1csc(COc2cccc3c(N)cccc23)n1. The van der Waals surface area contributed by atoms with E-state index < -0.39 is 0 Å². The Morgan fingerprint density at radius 1 is 1.16 bits per heavy atom. The minimum absolute atomic E-state index is 0.492. The van der Waals surface area contributed by atoms with Crippen LogP contribution in [0.5, 0.6) is 5.75 Å². The summed E-state index contributed by atoms with van der Waals surface area (Å²) in [5.74, 6) is 0.845. The third-order valence-electron chi connectivity index (χ3n) is 2.93. The molecule has 4 heteroatoms. The van der Waals surface area contributed by atoms with Crippen LogP contribution in [0.1, 0.15) is 10.7 Å². The summed E-state index contributed by atoms with van der Waals surface area (Å²) in [6.07, 6.45) is 0. The van der Waals surface area contributed by atoms with Gasteiger partial charge in [-0.3, -0.25) is 0 Å². The van der Waals surface area contributed by atoms with Crippen molar-refractivity contribution in [3.05, 3.63) is 52.5 Å². The van der Waals surface area contributed by atoms with Gasteiger partial charge in [0.2, 0.25) is 0 Å². The van der Waals surface area contributed by atoms with Gasteiger partial charge in [-0.15, -0.1) is 11.3 Å². The summed E-state index contributed by atoms with van der Waals surface area (Å²) >= 11 is 1.62. The largest absolute Gasteiger partial charge is 0.486 e. The molecule has 0 bridgehead atoms. The smallest absolute Gasteiger partial charge is 0.140 e. The van der Waals surface area contributed by atoms with Gasteiger partial charge < -0.3 is 10.5 Å². The summed E-state index contributed by atoms with van der Waals surface area (Å²) < 4.78 is 5.87. The van der Waals surface area contributed by atoms with Crippen LogP contribution in [-0.2, 0) is 6.61 Å². The Hall–Kier alpha value is -2.07. The van der Waals surface area contributed by atoms with Gasteiger partial charge in [0.1, 0.15) is 17.4 Å². The molecule has 19 heavy (non-hydrogen) atoms. The van der Waals surface area contributed by atoms with E-state index in [0.717, 1.165) is 32.9 Å². The van der Waals surface area contributed by atoms with Crippen LogP contribution in [0.3, 0.4) is 0 Å². The van der Waals surface area contributed by atoms with Crippen molar-refractivity contribution in [3.63, 3.8) is 0 Å². The molecule has 0 aliphatic carbocycles. The average molecular weight is 270 g/mol. The Balaban J connectivity index is 1.91. The third kappa shape index (κ3) is 2.39. The molecule has 0 aliphatic rings. The summed E-state index contributed by atoms with van der Waals surface area (Å²) in [5, 5.41) is 5.07. The summed E-state index contributed by atoms with van der Waals surface area (Å²) in [6, 6.07) is 11.8. The molecule has 1 heterocycles. The van der Waals surface area contributed by atoms with E-state index in [2.05, 4.69) is 4.98 Å². The van der Waals surface area contributed by atoms with E-state index in [1.165, 1.54) is 0 Å². The predicted octanol–water partition coefficient (Wildman–Crippen LogP) is 3.77. The lowest BCUT2D eigenvalue weighted by Crippen LogP contribution is -1.96. The van der Waals surface area contributed by atoms with Gasteiger partial charge >= 0.3 is 0 Å². The van der Waals surface area contributed by atoms with Crippen molar-refractivity contribution >= 4 is 27.8 Å². The van der Waals surface area contributed by atoms with Crippen LogP contribution in [0.25, 0.3) is 10.8 Å². The van der Waals surface area contributed by atoms with E-state index in [4.69, 9.17) is 10.5 Å². The molecule has 3 nitrogen and oxygen atoms in total. The number of hydrogen-bond acceptors (Lipinski definition) is 4. The van der Waals surface area contributed by atoms with Crippen molar-refractivity contribution in [2.45, 2.75) is 13.5 Å². The highest BCUT2D eigenvalue weighted by Gasteiger charge is 2.05. The first-order valence-electron chi connectivity index (χ1n) is 6.05. The van der Waals surface area contributed by atoms with E-state index in [9.17, 15) is 0 Å². The number of aromatic nitrogens is 1. The molecule has 3 rings (SSSR count). The fourth-order valence-electron chi connectivity index (χ4n) is 2.04. The summed E-state index contributed by atoms with van der Waals surface area (Å²) in [7, 11) is 0. The van der Waals surface area contributed by atoms with Crippen LogP contribution in [0.2, 0.25) is 0 Å². The molecule has 0 unspecified atom stereocenters. The van der Waals surface area contributed by atoms with Crippen LogP contribution in [0.4, 0.5) is 5.69 Å². The fourth-order valence-corrected chi connectivity index (χ4v) is 2.72. The van der Waals surface area contributed by atoms with Gasteiger partial charge in [-0.05, 0) is 19.1 Å². The standard InChI is InChI=1S/C15H14N2OS/c1-10-9-19-15(17-10)8-18-14-7-3-4-11-12(14)5-2-6-13(11)16/h2-7,9H,8,16H2,1H3. The first kappa shape index (κ1) is 12.0. The number of anilines is 1. The van der Waals surface area contributed by atoms with Gasteiger partial charge in [-0.1, -0.05) is 24.3 Å². The van der Waals surface area contributed by atoms with Crippen LogP contribution in [0.15, 0.2) is 41.8 Å². The second-order valence-corrected chi connectivity index (χ2v) is 5.31. The number of rotatable bonds is 3. The lowest BCUT2D eigenvalue weighted by molar-refractivity contribution is 0.309. The minimum Gasteiger partial charge on any atom is -0.486 e. The van der Waals surface area contributed by atoms with Crippen molar-refractivity contribution in [1.29, 1.82) is 0 Å². The minimum atomic E-state index is 0.492. The summed E-state index contributed by atoms with van der Waals surface area (Å²) in [6.45, 7) is 2.48. The van der Waals surface area contributed by atoms with Gasteiger partial charge in [-0.25, -0.2) is 4.98 Å². The molecule has 0 aliphatic heterocycles. The molecule has 0 atom stereocenters. The lowest BCUT2D eigenvalue weighted by Gasteiger charge is -2.09. The molecule has 1 aromatic heterocycles. The second-order valence-electron chi connectivity index (χ2n) is 4.37. The molecule has 2 aromatic carbocycles. The van der Waals surface area contributed by atoms with E-state index in [0.29, 0.717) is 6.61 Å². The Labute approximate surface area is 115 Å². The Bertz CT molecular complexity index is 721. The van der Waals surface area contributed by atoms with Gasteiger partial charge in [0.25, 0.3) is 0 Å². The Morgan fingerprint density at radius 3 is 2.74 bits per heavy atom. The number of ether oxygens (including phenoxy) is 1. The van der Waals surface area contributed by atoms with E-state index in [-0.39, 0.29) is 0 Å². The lowest BCUT2D eigenvalue weighted by atomic mass is 10.1. The molecule has 0 radical (unpaired) electrons. The van der Waals surface area contributed by atoms with Gasteiger partial charge in [0.05, 0.1) is 0 Å². The molecular formula is C15H14N2OS. The van der Waals surface area contributed by atoms with E-state index >= 15 is 0 Å². The molecule has 0 amide bonds. The highest BCUT2D eigenvalue weighted by molar-refractivity contribution is 7.09. The Morgan fingerprint density at radius 2 is 1.95 bits per heavy atom. The van der Waals surface area contributed by atoms with Crippen LogP contribution in [-0.4, -0.2) is 4.98 Å². The number of benzene rings is 2. The van der Waals surface area contributed by atoms with Crippen molar-refractivity contribution in [2.24, 2.45) is 0 Å². The quantitative estimate of drug-likeness (QED) is 0.737. The molecule has 0 spiro atoms. The third-order valence-corrected chi connectivity index (χ3v) is 3.87. The number of thiazole rings is 1. The van der Waals surface area contributed by atoms with Crippen molar-refractivity contribution < 1.29 is 4.74 Å². The van der Waals surface area contributed by atoms with Gasteiger partial charge in [0, 0.05) is 27.5 Å². The first-order chi connectivity index (χ1) is 9.24. The number of hydrogen-bond donors (Lipinski definition) is 1. The second kappa shape index (κ2) is 4.90. The number of aryl methyl sites for hydroxylation is 1. The molecule has 3 aromatic rings. The zero-order valence-corrected chi connectivity index (χ0v) is 11.4. The summed E-state index contributed by atoms with van der Waals surface area (Å²) in [4.78, 5) is 4.39. The molecule has 0 saturated carbocycles. The number of nitrogens with two attached hydrogens (primary N) is 1. The maximum absolute atomic E-state index is 5.97. The molecule has 0 fully saturated rings. The fraction of sp³-hybridized carbons (Fsp3) is 0.133. The highest BCUT2D eigenvalue weighted by atomic mass is 32.1. The zero-order valence-electron chi connectivity index (χ0n) is 10.6. The van der Waals surface area contributed by atoms with Gasteiger partial charge in [0.15, 0.2) is 0 Å². The number of nitrogen functional groups attached to an aromatic ring is 1. The summed E-state index contributed by atoms with van der Waals surface area (Å²) in [5.41, 5.74) is 7.77. The monoisotopic (exact) mass is 270 g/mol. The molecule has 0 saturated heterocycles. The number of nitrogens with zero attached hydrogens (tertiary/aromatic N) is 1. The topological polar surface area (TPSA) is 48.1 Å². The predicted molar refractivity (Wildman–Crippen MR) is 79.5 cm³/mol. The van der Waals surface area contributed by atoms with Crippen LogP contribution < -0.4 is 10.5 Å².